The van der Waals surface area contributed by atoms with Gasteiger partial charge < -0.3 is 10.1 Å². The average Bonchev–Trinajstić information content (AvgIpc) is 2.64. The first-order valence-corrected chi connectivity index (χ1v) is 8.20. The summed E-state index contributed by atoms with van der Waals surface area (Å²) in [6.07, 6.45) is 1.39. The standard InChI is InChI=1S/C18H16N4O6/c1-3-7-28-17(24)12-9(2)19-15-14(16(23)21-18(25)20-15)13(12)10-5-4-6-11(8-10)22(26)27/h3-6,8,13H,1,7H2,2H3,(H3,19,20,21,23,25)/t13-/m1/s1. The van der Waals surface area contributed by atoms with E-state index in [0.717, 1.165) is 0 Å². The van der Waals surface area contributed by atoms with Gasteiger partial charge in [0.2, 0.25) is 0 Å². The van der Waals surface area contributed by atoms with Crippen LogP contribution in [0.4, 0.5) is 11.5 Å². The van der Waals surface area contributed by atoms with Gasteiger partial charge in [-0.15, -0.1) is 0 Å². The first-order chi connectivity index (χ1) is 13.3. The summed E-state index contributed by atoms with van der Waals surface area (Å²) >= 11 is 0. The van der Waals surface area contributed by atoms with Crippen molar-refractivity contribution in [1.29, 1.82) is 0 Å². The van der Waals surface area contributed by atoms with Gasteiger partial charge in [-0.3, -0.25) is 24.9 Å². The summed E-state index contributed by atoms with van der Waals surface area (Å²) in [5.41, 5.74) is -0.805. The van der Waals surface area contributed by atoms with Gasteiger partial charge in [-0.25, -0.2) is 9.59 Å². The average molecular weight is 384 g/mol. The fourth-order valence-corrected chi connectivity index (χ4v) is 3.12. The number of hydrogen-bond acceptors (Lipinski definition) is 7. The SMILES string of the molecule is C=CCOC(=O)C1=C(C)Nc2[nH]c(=O)[nH]c(=O)c2[C@@H]1c1cccc([N+](=O)[O-])c1. The van der Waals surface area contributed by atoms with Crippen LogP contribution >= 0.6 is 0 Å². The molecular formula is C18H16N4O6. The molecule has 2 heterocycles. The first kappa shape index (κ1) is 18.8. The molecule has 0 amide bonds. The number of ether oxygens (including phenoxy) is 1. The largest absolute Gasteiger partial charge is 0.458 e. The molecule has 1 aliphatic heterocycles. The highest BCUT2D eigenvalue weighted by atomic mass is 16.6. The number of nitro groups is 1. The molecule has 0 bridgehead atoms. The third-order valence-corrected chi connectivity index (χ3v) is 4.24. The van der Waals surface area contributed by atoms with Gasteiger partial charge in [0.15, 0.2) is 0 Å². The summed E-state index contributed by atoms with van der Waals surface area (Å²) in [6, 6.07) is 5.59. The van der Waals surface area contributed by atoms with Crippen molar-refractivity contribution in [3.8, 4) is 0 Å². The molecule has 0 radical (unpaired) electrons. The van der Waals surface area contributed by atoms with E-state index in [2.05, 4.69) is 21.9 Å². The number of carbonyl (C=O) groups is 1. The molecule has 144 valence electrons. The number of anilines is 1. The van der Waals surface area contributed by atoms with Crippen molar-refractivity contribution in [2.24, 2.45) is 0 Å². The van der Waals surface area contributed by atoms with Crippen molar-refractivity contribution in [3.63, 3.8) is 0 Å². The van der Waals surface area contributed by atoms with Crippen LogP contribution in [-0.4, -0.2) is 27.5 Å². The summed E-state index contributed by atoms with van der Waals surface area (Å²) in [5.74, 6) is -1.57. The number of hydrogen-bond donors (Lipinski definition) is 3. The van der Waals surface area contributed by atoms with Gasteiger partial charge >= 0.3 is 11.7 Å². The highest BCUT2D eigenvalue weighted by Crippen LogP contribution is 2.39. The Kier molecular flexibility index (Phi) is 4.94. The van der Waals surface area contributed by atoms with Crippen molar-refractivity contribution in [3.05, 3.63) is 90.3 Å². The Morgan fingerprint density at radius 2 is 2.11 bits per heavy atom. The van der Waals surface area contributed by atoms with E-state index in [1.807, 2.05) is 0 Å². The Bertz CT molecular complexity index is 1130. The predicted molar refractivity (Wildman–Crippen MR) is 100 cm³/mol. The number of carbonyl (C=O) groups excluding carboxylic acids is 1. The minimum absolute atomic E-state index is 0.0495. The highest BCUT2D eigenvalue weighted by Gasteiger charge is 2.36. The number of fused-ring (bicyclic) bond motifs is 1. The van der Waals surface area contributed by atoms with Crippen molar-refractivity contribution in [2.45, 2.75) is 12.8 Å². The molecule has 2 aromatic rings. The molecule has 28 heavy (non-hydrogen) atoms. The number of nitro benzene ring substituents is 1. The number of allylic oxidation sites excluding steroid dienone is 1. The Labute approximate surface area is 157 Å². The first-order valence-electron chi connectivity index (χ1n) is 8.20. The number of aromatic nitrogens is 2. The van der Waals surface area contributed by atoms with Gasteiger partial charge in [-0.2, -0.15) is 0 Å². The van der Waals surface area contributed by atoms with Crippen molar-refractivity contribution < 1.29 is 14.5 Å². The van der Waals surface area contributed by atoms with Gasteiger partial charge in [0.25, 0.3) is 11.2 Å². The minimum atomic E-state index is -0.978. The van der Waals surface area contributed by atoms with Crippen LogP contribution in [0, 0.1) is 10.1 Å². The number of rotatable bonds is 5. The van der Waals surface area contributed by atoms with E-state index >= 15 is 0 Å². The second kappa shape index (κ2) is 7.35. The van der Waals surface area contributed by atoms with E-state index in [1.165, 1.54) is 24.3 Å². The minimum Gasteiger partial charge on any atom is -0.458 e. The molecule has 3 rings (SSSR count). The van der Waals surface area contributed by atoms with E-state index in [0.29, 0.717) is 11.3 Å². The molecule has 0 unspecified atom stereocenters. The van der Waals surface area contributed by atoms with Crippen LogP contribution < -0.4 is 16.6 Å². The molecule has 3 N–H and O–H groups in total. The number of nitrogens with zero attached hydrogens (tertiary/aromatic N) is 1. The molecule has 10 nitrogen and oxygen atoms in total. The third-order valence-electron chi connectivity index (χ3n) is 4.24. The number of H-pyrrole nitrogens is 2. The number of aromatic amines is 2. The van der Waals surface area contributed by atoms with Gasteiger partial charge in [0.05, 0.1) is 22.0 Å². The molecule has 0 fully saturated rings. The van der Waals surface area contributed by atoms with Crippen LogP contribution in [-0.2, 0) is 9.53 Å². The summed E-state index contributed by atoms with van der Waals surface area (Å²) < 4.78 is 5.14. The summed E-state index contributed by atoms with van der Waals surface area (Å²) in [4.78, 5) is 52.1. The van der Waals surface area contributed by atoms with E-state index in [-0.39, 0.29) is 29.2 Å². The second-order valence-electron chi connectivity index (χ2n) is 6.03. The second-order valence-corrected chi connectivity index (χ2v) is 6.03. The van der Waals surface area contributed by atoms with Gasteiger partial charge in [-0.1, -0.05) is 24.8 Å². The third kappa shape index (κ3) is 3.34. The van der Waals surface area contributed by atoms with Crippen molar-refractivity contribution >= 4 is 17.5 Å². The quantitative estimate of drug-likeness (QED) is 0.306. The van der Waals surface area contributed by atoms with Crippen LogP contribution in [0.3, 0.4) is 0 Å². The molecule has 0 saturated carbocycles. The fourth-order valence-electron chi connectivity index (χ4n) is 3.12. The summed E-state index contributed by atoms with van der Waals surface area (Å²) in [6.45, 7) is 5.02. The van der Waals surface area contributed by atoms with Crippen LogP contribution in [0.2, 0.25) is 0 Å². The Morgan fingerprint density at radius 3 is 2.79 bits per heavy atom. The van der Waals surface area contributed by atoms with Gasteiger partial charge in [0, 0.05) is 17.8 Å². The number of esters is 1. The van der Waals surface area contributed by atoms with Crippen molar-refractivity contribution in [2.75, 3.05) is 11.9 Å². The molecule has 1 aromatic heterocycles. The zero-order valence-corrected chi connectivity index (χ0v) is 14.8. The number of nitrogens with one attached hydrogen (secondary N) is 3. The maximum Gasteiger partial charge on any atom is 0.337 e. The van der Waals surface area contributed by atoms with E-state index in [1.54, 1.807) is 13.0 Å². The fraction of sp³-hybridized carbons (Fsp3) is 0.167. The van der Waals surface area contributed by atoms with Crippen molar-refractivity contribution in [1.82, 2.24) is 9.97 Å². The zero-order chi connectivity index (χ0) is 20.4. The molecule has 1 atom stereocenters. The Balaban J connectivity index is 2.27. The monoisotopic (exact) mass is 384 g/mol. The van der Waals surface area contributed by atoms with Crippen LogP contribution in [0.15, 0.2) is 57.8 Å². The molecule has 10 heteroatoms. The number of benzene rings is 1. The maximum absolute atomic E-state index is 12.7. The lowest BCUT2D eigenvalue weighted by Crippen LogP contribution is -2.35. The molecule has 1 aliphatic rings. The van der Waals surface area contributed by atoms with Gasteiger partial charge in [0.1, 0.15) is 12.4 Å². The maximum atomic E-state index is 12.7. The predicted octanol–water partition coefficient (Wildman–Crippen LogP) is 1.53. The van der Waals surface area contributed by atoms with E-state index in [9.17, 15) is 24.5 Å². The molecule has 0 spiro atoms. The van der Waals surface area contributed by atoms with Crippen LogP contribution in [0.1, 0.15) is 24.0 Å². The van der Waals surface area contributed by atoms with Crippen LogP contribution in [0.25, 0.3) is 0 Å². The Morgan fingerprint density at radius 1 is 1.36 bits per heavy atom. The lowest BCUT2D eigenvalue weighted by Gasteiger charge is -2.28. The summed E-state index contributed by atoms with van der Waals surface area (Å²) in [7, 11) is 0. The number of non-ortho nitro benzene ring substituents is 1. The molecular weight excluding hydrogens is 368 g/mol. The molecule has 0 aliphatic carbocycles. The normalized spacial score (nSPS) is 15.4. The summed E-state index contributed by atoms with van der Waals surface area (Å²) in [5, 5.41) is 14.0. The van der Waals surface area contributed by atoms with Gasteiger partial charge in [-0.05, 0) is 12.5 Å². The molecule has 0 saturated heterocycles. The smallest absolute Gasteiger partial charge is 0.337 e. The lowest BCUT2D eigenvalue weighted by atomic mass is 9.82. The van der Waals surface area contributed by atoms with E-state index < -0.39 is 28.1 Å². The van der Waals surface area contributed by atoms with Crippen LogP contribution in [0.5, 0.6) is 0 Å². The van der Waals surface area contributed by atoms with E-state index in [4.69, 9.17) is 4.74 Å². The lowest BCUT2D eigenvalue weighted by molar-refractivity contribution is -0.384. The zero-order valence-electron chi connectivity index (χ0n) is 14.8. The Hall–Kier alpha value is -3.95. The highest BCUT2D eigenvalue weighted by molar-refractivity contribution is 5.94. The topological polar surface area (TPSA) is 147 Å². The molecule has 1 aromatic carbocycles.